The van der Waals surface area contributed by atoms with Gasteiger partial charge in [0, 0.05) is 63.3 Å². The fourth-order valence-corrected chi connectivity index (χ4v) is 6.29. The van der Waals surface area contributed by atoms with Crippen LogP contribution in [0.15, 0.2) is 48.8 Å². The lowest BCUT2D eigenvalue weighted by molar-refractivity contribution is -0.193. The Kier molecular flexibility index (Phi) is 11.8. The van der Waals surface area contributed by atoms with E-state index < -0.39 is 24.3 Å². The topological polar surface area (TPSA) is 143 Å². The number of aromatic nitrogens is 1. The van der Waals surface area contributed by atoms with Gasteiger partial charge in [0.05, 0.1) is 11.5 Å². The van der Waals surface area contributed by atoms with E-state index in [0.29, 0.717) is 24.9 Å². The highest BCUT2D eigenvalue weighted by Crippen LogP contribution is 2.49. The summed E-state index contributed by atoms with van der Waals surface area (Å²) < 4.78 is 63.5. The van der Waals surface area contributed by atoms with E-state index in [1.807, 2.05) is 48.4 Å². The number of anilines is 1. The summed E-state index contributed by atoms with van der Waals surface area (Å²) in [5, 5.41) is 17.3. The number of halogens is 6. The van der Waals surface area contributed by atoms with Crippen molar-refractivity contribution in [3.05, 3.63) is 59.9 Å². The average molecular weight is 676 g/mol. The first-order valence-electron chi connectivity index (χ1n) is 14.5. The zero-order valence-electron chi connectivity index (χ0n) is 25.5. The molecule has 1 aromatic carbocycles. The smallest absolute Gasteiger partial charge is 0.475 e. The molecule has 2 aromatic rings. The maximum absolute atomic E-state index is 13.4. The van der Waals surface area contributed by atoms with E-state index in [9.17, 15) is 35.9 Å². The van der Waals surface area contributed by atoms with E-state index in [1.54, 1.807) is 6.20 Å². The molecule has 258 valence electrons. The Morgan fingerprint density at radius 1 is 0.957 bits per heavy atom. The van der Waals surface area contributed by atoms with Crippen LogP contribution in [0.25, 0.3) is 0 Å². The minimum Gasteiger partial charge on any atom is -0.475 e. The number of rotatable bonds is 4. The second-order valence-electron chi connectivity index (χ2n) is 11.3. The molecule has 1 aromatic heterocycles. The van der Waals surface area contributed by atoms with Crippen LogP contribution in [0.4, 0.5) is 36.8 Å². The van der Waals surface area contributed by atoms with Crippen LogP contribution >= 0.6 is 0 Å². The molecule has 3 aliphatic heterocycles. The quantitative estimate of drug-likeness (QED) is 0.398. The zero-order chi connectivity index (χ0) is 35.2. The largest absolute Gasteiger partial charge is 0.490 e. The molecule has 4 heterocycles. The van der Waals surface area contributed by atoms with E-state index in [2.05, 4.69) is 33.1 Å². The molecule has 0 aliphatic carbocycles. The molecular formula is C30H35F6N5O6. The highest BCUT2D eigenvalue weighted by Gasteiger charge is 2.61. The number of nitrogens with zero attached hydrogens (tertiary/aromatic N) is 4. The van der Waals surface area contributed by atoms with Crippen molar-refractivity contribution >= 4 is 29.6 Å². The number of carbonyl (C=O) groups excluding carboxylic acids is 2. The van der Waals surface area contributed by atoms with Crippen molar-refractivity contribution in [1.29, 1.82) is 0 Å². The average Bonchev–Trinajstić information content (AvgIpc) is 3.51. The predicted octanol–water partition coefficient (Wildman–Crippen LogP) is 4.63. The molecule has 3 amide bonds. The van der Waals surface area contributed by atoms with Gasteiger partial charge in [0.1, 0.15) is 0 Å². The molecule has 2 atom stereocenters. The second kappa shape index (κ2) is 15.0. The SMILES string of the molecule is CCN1C(=O)[C@H]2CN(Cc3cccnc3)C[C@H]2C12CCN(C(=O)Nc1ccccc1C)CC2.O=C(O)C(F)(F)F.O=C(O)C(F)(F)F. The fourth-order valence-electron chi connectivity index (χ4n) is 6.29. The van der Waals surface area contributed by atoms with Crippen LogP contribution < -0.4 is 5.32 Å². The predicted molar refractivity (Wildman–Crippen MR) is 155 cm³/mol. The number of nitrogens with one attached hydrogen (secondary N) is 1. The zero-order valence-corrected chi connectivity index (χ0v) is 25.5. The number of hydrogen-bond acceptors (Lipinski definition) is 6. The Hall–Kier alpha value is -4.41. The van der Waals surface area contributed by atoms with Crippen LogP contribution in [-0.4, -0.2) is 104 Å². The summed E-state index contributed by atoms with van der Waals surface area (Å²) in [5.74, 6) is -4.83. The first-order valence-corrected chi connectivity index (χ1v) is 14.5. The molecule has 1 spiro atoms. The van der Waals surface area contributed by atoms with Crippen molar-refractivity contribution in [3.63, 3.8) is 0 Å². The summed E-state index contributed by atoms with van der Waals surface area (Å²) in [6.07, 6.45) is -4.77. The van der Waals surface area contributed by atoms with Gasteiger partial charge in [-0.2, -0.15) is 26.3 Å². The van der Waals surface area contributed by atoms with Crippen LogP contribution in [0.5, 0.6) is 0 Å². The van der Waals surface area contributed by atoms with Gasteiger partial charge in [-0.25, -0.2) is 14.4 Å². The third-order valence-electron chi connectivity index (χ3n) is 8.44. The van der Waals surface area contributed by atoms with Gasteiger partial charge in [-0.15, -0.1) is 0 Å². The van der Waals surface area contributed by atoms with Crippen LogP contribution in [-0.2, 0) is 20.9 Å². The van der Waals surface area contributed by atoms with Gasteiger partial charge in [-0.3, -0.25) is 14.7 Å². The molecule has 0 radical (unpaired) electrons. The fraction of sp³-hybridized carbons (Fsp3) is 0.500. The number of aliphatic carboxylic acids is 2. The number of para-hydroxylation sites is 1. The summed E-state index contributed by atoms with van der Waals surface area (Å²) in [4.78, 5) is 54.8. The summed E-state index contributed by atoms with van der Waals surface area (Å²) in [6, 6.07) is 11.9. The number of carboxylic acids is 2. The highest BCUT2D eigenvalue weighted by atomic mass is 19.4. The molecule has 3 aliphatic rings. The van der Waals surface area contributed by atoms with Gasteiger partial charge < -0.3 is 25.3 Å². The lowest BCUT2D eigenvalue weighted by atomic mass is 9.75. The lowest BCUT2D eigenvalue weighted by Crippen LogP contribution is -2.58. The summed E-state index contributed by atoms with van der Waals surface area (Å²) in [6.45, 7) is 8.75. The molecule has 5 rings (SSSR count). The number of benzene rings is 1. The Labute approximate surface area is 266 Å². The van der Waals surface area contributed by atoms with Crippen molar-refractivity contribution < 1.29 is 55.7 Å². The van der Waals surface area contributed by atoms with E-state index in [4.69, 9.17) is 19.8 Å². The van der Waals surface area contributed by atoms with Crippen LogP contribution in [0, 0.1) is 18.8 Å². The monoisotopic (exact) mass is 675 g/mol. The number of urea groups is 1. The van der Waals surface area contributed by atoms with Crippen molar-refractivity contribution in [3.8, 4) is 0 Å². The molecule has 0 saturated carbocycles. The maximum atomic E-state index is 13.4. The van der Waals surface area contributed by atoms with Crippen molar-refractivity contribution in [1.82, 2.24) is 19.7 Å². The number of piperidine rings is 1. The normalized spacial score (nSPS) is 20.5. The van der Waals surface area contributed by atoms with E-state index in [0.717, 1.165) is 50.3 Å². The van der Waals surface area contributed by atoms with E-state index >= 15 is 0 Å². The first kappa shape index (κ1) is 37.1. The van der Waals surface area contributed by atoms with Gasteiger partial charge in [0.25, 0.3) is 0 Å². The first-order chi connectivity index (χ1) is 21.9. The minimum absolute atomic E-state index is 0.0484. The van der Waals surface area contributed by atoms with Crippen molar-refractivity contribution in [2.45, 2.75) is 51.1 Å². The molecule has 47 heavy (non-hydrogen) atoms. The summed E-state index contributed by atoms with van der Waals surface area (Å²) in [7, 11) is 0. The second-order valence-corrected chi connectivity index (χ2v) is 11.3. The molecule has 3 saturated heterocycles. The number of fused-ring (bicyclic) bond motifs is 2. The molecular weight excluding hydrogens is 640 g/mol. The molecule has 3 N–H and O–H groups in total. The maximum Gasteiger partial charge on any atom is 0.490 e. The number of amides is 3. The summed E-state index contributed by atoms with van der Waals surface area (Å²) >= 11 is 0. The minimum atomic E-state index is -5.08. The van der Waals surface area contributed by atoms with Crippen LogP contribution in [0.3, 0.4) is 0 Å². The van der Waals surface area contributed by atoms with Gasteiger partial charge >= 0.3 is 30.3 Å². The number of pyridine rings is 1. The van der Waals surface area contributed by atoms with Gasteiger partial charge in [-0.05, 0) is 49.9 Å². The number of alkyl halides is 6. The Bertz CT molecular complexity index is 1390. The molecule has 17 heteroatoms. The van der Waals surface area contributed by atoms with E-state index in [-0.39, 0.29) is 17.5 Å². The number of hydrogen-bond donors (Lipinski definition) is 3. The highest BCUT2D eigenvalue weighted by molar-refractivity contribution is 5.90. The van der Waals surface area contributed by atoms with Gasteiger partial charge in [0.15, 0.2) is 0 Å². The third-order valence-corrected chi connectivity index (χ3v) is 8.44. The Morgan fingerprint density at radius 3 is 2.02 bits per heavy atom. The summed E-state index contributed by atoms with van der Waals surface area (Å²) in [5.41, 5.74) is 2.96. The lowest BCUT2D eigenvalue weighted by Gasteiger charge is -2.47. The Balaban J connectivity index is 0.000000360. The van der Waals surface area contributed by atoms with Crippen molar-refractivity contribution in [2.75, 3.05) is 38.0 Å². The number of carboxylic acid groups (broad SMARTS) is 2. The molecule has 0 unspecified atom stereocenters. The molecule has 11 nitrogen and oxygen atoms in total. The van der Waals surface area contributed by atoms with Crippen LogP contribution in [0.2, 0.25) is 0 Å². The van der Waals surface area contributed by atoms with Gasteiger partial charge in [-0.1, -0.05) is 24.3 Å². The van der Waals surface area contributed by atoms with Crippen molar-refractivity contribution in [2.24, 2.45) is 11.8 Å². The number of carbonyl (C=O) groups is 4. The van der Waals surface area contributed by atoms with Crippen LogP contribution in [0.1, 0.15) is 30.9 Å². The van der Waals surface area contributed by atoms with E-state index in [1.165, 1.54) is 5.56 Å². The molecule has 0 bridgehead atoms. The third kappa shape index (κ3) is 9.11. The number of aryl methyl sites for hydroxylation is 1. The number of likely N-dealkylation sites (tertiary alicyclic amines) is 3. The molecule has 3 fully saturated rings. The van der Waals surface area contributed by atoms with Gasteiger partial charge in [0.2, 0.25) is 5.91 Å². The Morgan fingerprint density at radius 2 is 1.53 bits per heavy atom. The standard InChI is InChI=1S/C26H33N5O2.2C2HF3O2/c1-3-31-24(32)21-17-29(16-20-8-6-12-27-15-20)18-22(21)26(31)10-13-30(14-11-26)25(33)28-23-9-5-4-7-19(23)2;2*3-2(4,5)1(6)7/h4-9,12,15,21-22H,3,10-11,13-14,16-18H2,1-2H3,(H,28,33);2*(H,6,7)/t21-,22+;;/m0../s1.